The Morgan fingerprint density at radius 2 is 2.25 bits per heavy atom. The van der Waals surface area contributed by atoms with Crippen LogP contribution in [0.1, 0.15) is 32.8 Å². The molecule has 0 atom stereocenters. The molecule has 1 rings (SSSR count). The van der Waals surface area contributed by atoms with Crippen molar-refractivity contribution in [2.24, 2.45) is 16.3 Å². The van der Waals surface area contributed by atoms with Crippen LogP contribution in [0.2, 0.25) is 0 Å². The van der Waals surface area contributed by atoms with Crippen LogP contribution in [0.3, 0.4) is 0 Å². The third-order valence-electron chi connectivity index (χ3n) is 2.52. The summed E-state index contributed by atoms with van der Waals surface area (Å²) in [6, 6.07) is 1.16. The Kier molecular flexibility index (Phi) is 4.84. The molecule has 3 N–H and O–H groups in total. The number of amidine groups is 1. The van der Waals surface area contributed by atoms with E-state index in [4.69, 9.17) is 15.7 Å². The van der Waals surface area contributed by atoms with E-state index in [1.54, 1.807) is 0 Å². The Labute approximate surface area is 116 Å². The first-order valence-corrected chi connectivity index (χ1v) is 6.00. The molecule has 0 unspecified atom stereocenters. The molecule has 110 valence electrons. The predicted octanol–water partition coefficient (Wildman–Crippen LogP) is 1.90. The molecule has 1 aromatic rings. The van der Waals surface area contributed by atoms with Gasteiger partial charge in [-0.05, 0) is 11.8 Å². The zero-order valence-corrected chi connectivity index (χ0v) is 11.7. The Morgan fingerprint density at radius 3 is 2.75 bits per heavy atom. The molecule has 0 saturated carbocycles. The van der Waals surface area contributed by atoms with Gasteiger partial charge in [-0.25, -0.2) is 4.98 Å². The number of rotatable bonds is 5. The molecule has 1 heterocycles. The van der Waals surface area contributed by atoms with Crippen molar-refractivity contribution < 1.29 is 14.9 Å². The van der Waals surface area contributed by atoms with Crippen LogP contribution in [0.25, 0.3) is 0 Å². The smallest absolute Gasteiger partial charge is 0.331 e. The van der Waals surface area contributed by atoms with Crippen LogP contribution in [0, 0.1) is 15.5 Å². The number of ether oxygens (including phenoxy) is 1. The quantitative estimate of drug-likeness (QED) is 0.279. The Bertz CT molecular complexity index is 523. The highest BCUT2D eigenvalue weighted by Crippen LogP contribution is 2.26. The summed E-state index contributed by atoms with van der Waals surface area (Å²) in [5, 5.41) is 22.3. The van der Waals surface area contributed by atoms with Gasteiger partial charge in [0.25, 0.3) is 5.88 Å². The van der Waals surface area contributed by atoms with Crippen LogP contribution in [0.15, 0.2) is 17.4 Å². The van der Waals surface area contributed by atoms with E-state index >= 15 is 0 Å². The van der Waals surface area contributed by atoms with Crippen molar-refractivity contribution in [2.75, 3.05) is 6.61 Å². The van der Waals surface area contributed by atoms with Gasteiger partial charge in [-0.1, -0.05) is 25.9 Å². The van der Waals surface area contributed by atoms with Crippen molar-refractivity contribution in [1.82, 2.24) is 4.98 Å². The van der Waals surface area contributed by atoms with E-state index in [-0.39, 0.29) is 28.4 Å². The summed E-state index contributed by atoms with van der Waals surface area (Å²) in [6.45, 7) is 6.44. The summed E-state index contributed by atoms with van der Waals surface area (Å²) in [5.74, 6) is -0.324. The zero-order valence-electron chi connectivity index (χ0n) is 11.7. The summed E-state index contributed by atoms with van der Waals surface area (Å²) in [4.78, 5) is 14.2. The van der Waals surface area contributed by atoms with E-state index in [1.165, 1.54) is 6.20 Å². The van der Waals surface area contributed by atoms with E-state index in [0.717, 1.165) is 12.5 Å². The first-order valence-electron chi connectivity index (χ1n) is 6.00. The highest BCUT2D eigenvalue weighted by Gasteiger charge is 2.20. The summed E-state index contributed by atoms with van der Waals surface area (Å²) in [7, 11) is 0. The molecule has 0 aliphatic rings. The molecule has 0 aliphatic heterocycles. The van der Waals surface area contributed by atoms with Crippen LogP contribution in [0.4, 0.5) is 5.69 Å². The highest BCUT2D eigenvalue weighted by atomic mass is 16.6. The van der Waals surface area contributed by atoms with Crippen LogP contribution < -0.4 is 10.5 Å². The maximum atomic E-state index is 11.0. The largest absolute Gasteiger partial charge is 0.473 e. The van der Waals surface area contributed by atoms with Gasteiger partial charge in [-0.15, -0.1) is 0 Å². The minimum absolute atomic E-state index is 0.0582. The Morgan fingerprint density at radius 1 is 1.60 bits per heavy atom. The van der Waals surface area contributed by atoms with Crippen molar-refractivity contribution in [3.63, 3.8) is 0 Å². The fourth-order valence-corrected chi connectivity index (χ4v) is 1.33. The van der Waals surface area contributed by atoms with E-state index < -0.39 is 4.92 Å². The monoisotopic (exact) mass is 282 g/mol. The zero-order chi connectivity index (χ0) is 15.3. The summed E-state index contributed by atoms with van der Waals surface area (Å²) < 4.78 is 5.35. The molecule has 0 radical (unpaired) electrons. The number of nitro groups is 1. The second kappa shape index (κ2) is 6.18. The average Bonchev–Trinajstić information content (AvgIpc) is 2.36. The fourth-order valence-electron chi connectivity index (χ4n) is 1.33. The highest BCUT2D eigenvalue weighted by molar-refractivity contribution is 5.97. The topological polar surface area (TPSA) is 124 Å². The molecular weight excluding hydrogens is 264 g/mol. The third-order valence-corrected chi connectivity index (χ3v) is 2.52. The van der Waals surface area contributed by atoms with Gasteiger partial charge in [-0.3, -0.25) is 10.1 Å². The number of hydrogen-bond acceptors (Lipinski definition) is 6. The summed E-state index contributed by atoms with van der Waals surface area (Å²) in [6.07, 6.45) is 1.99. The standard InChI is InChI=1S/C12H18N4O4/c1-12(2,3)4-5-20-11-9(16(18)19)6-8(7-14-11)10(13)15-17/h6-7,17H,4-5H2,1-3H3,(H2,13,15). The van der Waals surface area contributed by atoms with E-state index in [2.05, 4.69) is 10.1 Å². The van der Waals surface area contributed by atoms with Crippen molar-refractivity contribution in [3.8, 4) is 5.88 Å². The SMILES string of the molecule is CC(C)(C)CCOc1ncc(C(N)=NO)cc1[N+](=O)[O-]. The molecule has 0 aliphatic carbocycles. The van der Waals surface area contributed by atoms with Gasteiger partial charge in [0, 0.05) is 17.8 Å². The third kappa shape index (κ3) is 4.38. The van der Waals surface area contributed by atoms with Crippen molar-refractivity contribution >= 4 is 11.5 Å². The molecule has 1 aromatic heterocycles. The maximum Gasteiger partial charge on any atom is 0.331 e. The summed E-state index contributed by atoms with van der Waals surface area (Å²) in [5.41, 5.74) is 5.26. The molecule has 0 saturated heterocycles. The van der Waals surface area contributed by atoms with Gasteiger partial charge < -0.3 is 15.7 Å². The van der Waals surface area contributed by atoms with Crippen LogP contribution in [-0.4, -0.2) is 27.6 Å². The number of nitrogens with two attached hydrogens (primary N) is 1. The first-order chi connectivity index (χ1) is 9.24. The normalized spacial score (nSPS) is 12.2. The van der Waals surface area contributed by atoms with E-state index in [9.17, 15) is 10.1 Å². The average molecular weight is 282 g/mol. The predicted molar refractivity (Wildman–Crippen MR) is 73.0 cm³/mol. The minimum atomic E-state index is -0.617. The van der Waals surface area contributed by atoms with Crippen LogP contribution >= 0.6 is 0 Å². The van der Waals surface area contributed by atoms with Crippen LogP contribution in [-0.2, 0) is 0 Å². The molecule has 0 bridgehead atoms. The fraction of sp³-hybridized carbons (Fsp3) is 0.500. The molecule has 0 aromatic carbocycles. The lowest BCUT2D eigenvalue weighted by Gasteiger charge is -2.17. The van der Waals surface area contributed by atoms with Crippen molar-refractivity contribution in [1.29, 1.82) is 0 Å². The Balaban J connectivity index is 2.94. The van der Waals surface area contributed by atoms with Crippen LogP contribution in [0.5, 0.6) is 5.88 Å². The molecule has 0 spiro atoms. The molecule has 8 nitrogen and oxygen atoms in total. The number of hydrogen-bond donors (Lipinski definition) is 2. The summed E-state index contributed by atoms with van der Waals surface area (Å²) >= 11 is 0. The van der Waals surface area contributed by atoms with E-state index in [1.807, 2.05) is 20.8 Å². The number of aromatic nitrogens is 1. The Hall–Kier alpha value is -2.38. The van der Waals surface area contributed by atoms with E-state index in [0.29, 0.717) is 6.61 Å². The van der Waals surface area contributed by atoms with Gasteiger partial charge >= 0.3 is 5.69 Å². The molecule has 20 heavy (non-hydrogen) atoms. The van der Waals surface area contributed by atoms with Crippen molar-refractivity contribution in [2.45, 2.75) is 27.2 Å². The van der Waals surface area contributed by atoms with Gasteiger partial charge in [-0.2, -0.15) is 0 Å². The molecule has 0 fully saturated rings. The number of nitrogens with zero attached hydrogens (tertiary/aromatic N) is 3. The lowest BCUT2D eigenvalue weighted by Crippen LogP contribution is -2.15. The second-order valence-electron chi connectivity index (χ2n) is 5.45. The molecule has 0 amide bonds. The molecular formula is C12H18N4O4. The minimum Gasteiger partial charge on any atom is -0.473 e. The maximum absolute atomic E-state index is 11.0. The lowest BCUT2D eigenvalue weighted by molar-refractivity contribution is -0.386. The lowest BCUT2D eigenvalue weighted by atomic mass is 9.93. The van der Waals surface area contributed by atoms with Gasteiger partial charge in [0.2, 0.25) is 0 Å². The van der Waals surface area contributed by atoms with Gasteiger partial charge in [0.05, 0.1) is 11.5 Å². The first kappa shape index (κ1) is 15.7. The van der Waals surface area contributed by atoms with Crippen molar-refractivity contribution in [3.05, 3.63) is 27.9 Å². The van der Waals surface area contributed by atoms with Gasteiger partial charge in [0.15, 0.2) is 5.84 Å². The molecule has 8 heteroatoms. The second-order valence-corrected chi connectivity index (χ2v) is 5.45. The number of oxime groups is 1. The number of pyridine rings is 1. The van der Waals surface area contributed by atoms with Gasteiger partial charge in [0.1, 0.15) is 0 Å².